The van der Waals surface area contributed by atoms with Crippen LogP contribution in [0.5, 0.6) is 23.0 Å². The van der Waals surface area contributed by atoms with Crippen molar-refractivity contribution in [3.63, 3.8) is 0 Å². The topological polar surface area (TPSA) is 125 Å². The smallest absolute Gasteiger partial charge is 0.343 e. The Balaban J connectivity index is 1.54. The van der Waals surface area contributed by atoms with Gasteiger partial charge in [-0.25, -0.2) is 10.2 Å². The van der Waals surface area contributed by atoms with E-state index >= 15 is 0 Å². The van der Waals surface area contributed by atoms with Crippen LogP contribution in [0.1, 0.15) is 26.3 Å². The zero-order valence-electron chi connectivity index (χ0n) is 20.2. The lowest BCUT2D eigenvalue weighted by molar-refractivity contribution is -0.120. The van der Waals surface area contributed by atoms with Crippen molar-refractivity contribution >= 4 is 39.9 Å². The van der Waals surface area contributed by atoms with Crippen LogP contribution in [-0.2, 0) is 4.79 Å². The molecule has 0 heterocycles. The highest BCUT2D eigenvalue weighted by atomic mass is 79.9. The molecule has 0 aliphatic heterocycles. The van der Waals surface area contributed by atoms with E-state index in [9.17, 15) is 14.4 Å². The molecule has 37 heavy (non-hydrogen) atoms. The number of methoxy groups -OCH3 is 3. The first kappa shape index (κ1) is 27.2. The Labute approximate surface area is 221 Å². The number of hydrazone groups is 1. The van der Waals surface area contributed by atoms with Crippen LogP contribution in [0.15, 0.2) is 70.2 Å². The van der Waals surface area contributed by atoms with Gasteiger partial charge in [0.15, 0.2) is 23.0 Å². The number of rotatable bonds is 10. The maximum Gasteiger partial charge on any atom is 0.343 e. The number of nitrogens with zero attached hydrogens (tertiary/aromatic N) is 1. The zero-order valence-corrected chi connectivity index (χ0v) is 21.8. The van der Waals surface area contributed by atoms with Crippen molar-refractivity contribution in [3.8, 4) is 23.0 Å². The van der Waals surface area contributed by atoms with Gasteiger partial charge in [0.2, 0.25) is 0 Å². The molecule has 3 rings (SSSR count). The van der Waals surface area contributed by atoms with Gasteiger partial charge in [0.25, 0.3) is 11.8 Å². The van der Waals surface area contributed by atoms with Crippen LogP contribution in [0.2, 0.25) is 0 Å². The molecule has 2 amide bonds. The van der Waals surface area contributed by atoms with E-state index in [1.54, 1.807) is 54.6 Å². The minimum absolute atomic E-state index is 0.228. The molecule has 192 valence electrons. The van der Waals surface area contributed by atoms with Crippen molar-refractivity contribution in [1.82, 2.24) is 10.7 Å². The van der Waals surface area contributed by atoms with Gasteiger partial charge in [-0.3, -0.25) is 9.59 Å². The van der Waals surface area contributed by atoms with Crippen molar-refractivity contribution in [1.29, 1.82) is 0 Å². The Kier molecular flexibility index (Phi) is 9.61. The summed E-state index contributed by atoms with van der Waals surface area (Å²) < 4.78 is 21.8. The molecule has 0 fully saturated rings. The fraction of sp³-hybridized carbons (Fsp3) is 0.154. The zero-order chi connectivity index (χ0) is 26.8. The lowest BCUT2D eigenvalue weighted by Crippen LogP contribution is -2.34. The number of benzene rings is 3. The Morgan fingerprint density at radius 3 is 2.24 bits per heavy atom. The number of carbonyl (C=O) groups is 3. The maximum absolute atomic E-state index is 12.4. The van der Waals surface area contributed by atoms with Crippen molar-refractivity contribution < 1.29 is 33.3 Å². The Morgan fingerprint density at radius 1 is 0.838 bits per heavy atom. The van der Waals surface area contributed by atoms with E-state index in [-0.39, 0.29) is 12.3 Å². The fourth-order valence-electron chi connectivity index (χ4n) is 3.08. The summed E-state index contributed by atoms with van der Waals surface area (Å²) in [5.41, 5.74) is 3.59. The molecular formula is C26H24BrN3O7. The summed E-state index contributed by atoms with van der Waals surface area (Å²) in [6.45, 7) is -0.293. The summed E-state index contributed by atoms with van der Waals surface area (Å²) in [6, 6.07) is 16.3. The third-order valence-electron chi connectivity index (χ3n) is 4.91. The molecule has 11 heteroatoms. The van der Waals surface area contributed by atoms with E-state index in [2.05, 4.69) is 31.8 Å². The first-order valence-corrected chi connectivity index (χ1v) is 11.6. The van der Waals surface area contributed by atoms with E-state index in [1.807, 2.05) is 0 Å². The molecule has 3 aromatic carbocycles. The first-order valence-electron chi connectivity index (χ1n) is 10.8. The standard InChI is InChI=1S/C26H24BrN3O7/c1-34-20-10-8-17(13-23(20)36-3)25(32)28-15-24(31)30-29-14-16-7-9-21(22(11-16)35-2)37-26(33)18-5-4-6-19(27)12-18/h4-14H,15H2,1-3H3,(H,28,32)(H,30,31). The van der Waals surface area contributed by atoms with Crippen molar-refractivity contribution in [2.75, 3.05) is 27.9 Å². The van der Waals surface area contributed by atoms with Crippen LogP contribution >= 0.6 is 15.9 Å². The normalized spacial score (nSPS) is 10.5. The Hall–Kier alpha value is -4.38. The van der Waals surface area contributed by atoms with Gasteiger partial charge in [-0.2, -0.15) is 5.10 Å². The number of hydrogen-bond acceptors (Lipinski definition) is 8. The summed E-state index contributed by atoms with van der Waals surface area (Å²) in [4.78, 5) is 36.8. The van der Waals surface area contributed by atoms with E-state index in [4.69, 9.17) is 18.9 Å². The minimum Gasteiger partial charge on any atom is -0.493 e. The van der Waals surface area contributed by atoms with Gasteiger partial charge >= 0.3 is 5.97 Å². The second-order valence-corrected chi connectivity index (χ2v) is 8.27. The number of halogens is 1. The van der Waals surface area contributed by atoms with Gasteiger partial charge < -0.3 is 24.3 Å². The van der Waals surface area contributed by atoms with Crippen molar-refractivity contribution in [2.24, 2.45) is 5.10 Å². The number of hydrogen-bond donors (Lipinski definition) is 2. The predicted octanol–water partition coefficient (Wildman–Crippen LogP) is 3.57. The molecule has 0 saturated heterocycles. The monoisotopic (exact) mass is 569 g/mol. The van der Waals surface area contributed by atoms with Gasteiger partial charge in [0, 0.05) is 10.0 Å². The molecule has 0 saturated carbocycles. The van der Waals surface area contributed by atoms with Crippen LogP contribution in [0.4, 0.5) is 0 Å². The molecule has 0 radical (unpaired) electrons. The van der Waals surface area contributed by atoms with E-state index in [0.717, 1.165) is 4.47 Å². The molecular weight excluding hydrogens is 546 g/mol. The molecule has 2 N–H and O–H groups in total. The number of nitrogens with one attached hydrogen (secondary N) is 2. The lowest BCUT2D eigenvalue weighted by Gasteiger charge is -2.10. The van der Waals surface area contributed by atoms with Crippen LogP contribution < -0.4 is 29.7 Å². The molecule has 0 aliphatic rings. The van der Waals surface area contributed by atoms with E-state index in [1.165, 1.54) is 33.6 Å². The lowest BCUT2D eigenvalue weighted by atomic mass is 10.2. The average molecular weight is 570 g/mol. The predicted molar refractivity (Wildman–Crippen MR) is 140 cm³/mol. The SMILES string of the molecule is COc1ccc(C(=O)NCC(=O)NN=Cc2ccc(OC(=O)c3cccc(Br)c3)c(OC)c2)cc1OC. The number of amides is 2. The summed E-state index contributed by atoms with van der Waals surface area (Å²) >= 11 is 3.32. The summed E-state index contributed by atoms with van der Waals surface area (Å²) in [5.74, 6) is -0.114. The number of carbonyl (C=O) groups excluding carboxylic acids is 3. The highest BCUT2D eigenvalue weighted by Gasteiger charge is 2.14. The average Bonchev–Trinajstić information content (AvgIpc) is 2.91. The summed E-state index contributed by atoms with van der Waals surface area (Å²) in [7, 11) is 4.40. The number of esters is 1. The van der Waals surface area contributed by atoms with Crippen LogP contribution in [0.25, 0.3) is 0 Å². The highest BCUT2D eigenvalue weighted by Crippen LogP contribution is 2.29. The highest BCUT2D eigenvalue weighted by molar-refractivity contribution is 9.10. The third-order valence-corrected chi connectivity index (χ3v) is 5.40. The Morgan fingerprint density at radius 2 is 1.54 bits per heavy atom. The van der Waals surface area contributed by atoms with Crippen molar-refractivity contribution in [2.45, 2.75) is 0 Å². The molecule has 0 aliphatic carbocycles. The van der Waals surface area contributed by atoms with Gasteiger partial charge in [0.1, 0.15) is 0 Å². The van der Waals surface area contributed by atoms with E-state index < -0.39 is 17.8 Å². The van der Waals surface area contributed by atoms with Gasteiger partial charge in [-0.1, -0.05) is 22.0 Å². The molecule has 0 atom stereocenters. The fourth-order valence-corrected chi connectivity index (χ4v) is 3.48. The molecule has 0 aromatic heterocycles. The summed E-state index contributed by atoms with van der Waals surface area (Å²) in [6.07, 6.45) is 1.39. The second-order valence-electron chi connectivity index (χ2n) is 7.36. The first-order chi connectivity index (χ1) is 17.8. The van der Waals surface area contributed by atoms with E-state index in [0.29, 0.717) is 33.9 Å². The number of ether oxygens (including phenoxy) is 4. The van der Waals surface area contributed by atoms with Crippen LogP contribution in [0, 0.1) is 0 Å². The third kappa shape index (κ3) is 7.55. The van der Waals surface area contributed by atoms with Crippen LogP contribution in [-0.4, -0.2) is 51.9 Å². The minimum atomic E-state index is -0.539. The Bertz CT molecular complexity index is 1330. The quantitative estimate of drug-likeness (QED) is 0.165. The van der Waals surface area contributed by atoms with Gasteiger partial charge in [0.05, 0.1) is 39.7 Å². The maximum atomic E-state index is 12.4. The largest absolute Gasteiger partial charge is 0.493 e. The van der Waals surface area contributed by atoms with Crippen molar-refractivity contribution in [3.05, 3.63) is 81.8 Å². The second kappa shape index (κ2) is 13.1. The van der Waals surface area contributed by atoms with Gasteiger partial charge in [-0.15, -0.1) is 0 Å². The molecule has 0 unspecified atom stereocenters. The van der Waals surface area contributed by atoms with Gasteiger partial charge in [-0.05, 0) is 60.2 Å². The molecule has 0 spiro atoms. The molecule has 10 nitrogen and oxygen atoms in total. The molecule has 0 bridgehead atoms. The summed E-state index contributed by atoms with van der Waals surface area (Å²) in [5, 5.41) is 6.39. The van der Waals surface area contributed by atoms with Crippen LogP contribution in [0.3, 0.4) is 0 Å². The molecule has 3 aromatic rings.